The van der Waals surface area contributed by atoms with Crippen LogP contribution in [0.1, 0.15) is 21.6 Å². The number of ketones is 1. The predicted octanol–water partition coefficient (Wildman–Crippen LogP) is 1.82. The van der Waals surface area contributed by atoms with Crippen molar-refractivity contribution >= 4 is 28.7 Å². The number of hydrogen-bond donors (Lipinski definition) is 3. The molecule has 3 N–H and O–H groups in total. The standard InChI is InChI=1S/C21H18N4O4/c26-17-6-5-13-20(28)18(9-16-12-3-1-2-4-15(12)23-24-16)29-21(13)14(17)10-25-8-7-22-19(27)11-25/h1-6,9,26H,7-8,10-11H2,(H,22,27)(H,23,24). The number of phenolic OH excluding ortho intramolecular Hbond substituents is 1. The second kappa shape index (κ2) is 6.75. The number of nitrogens with zero attached hydrogens (tertiary/aromatic N) is 2. The number of aromatic hydroxyl groups is 1. The van der Waals surface area contributed by atoms with E-state index >= 15 is 0 Å². The van der Waals surface area contributed by atoms with Gasteiger partial charge in [-0.15, -0.1) is 0 Å². The highest BCUT2D eigenvalue weighted by atomic mass is 16.5. The SMILES string of the molecule is O=C1CN(Cc2c(O)ccc3c2OC(=Cc2n[nH]c4ccccc24)C3=O)CCN1. The molecular formula is C21H18N4O4. The van der Waals surface area contributed by atoms with E-state index in [1.165, 1.54) is 6.07 Å². The van der Waals surface area contributed by atoms with Crippen LogP contribution in [0.25, 0.3) is 17.0 Å². The first-order valence-corrected chi connectivity index (χ1v) is 9.31. The number of aromatic amines is 1. The smallest absolute Gasteiger partial charge is 0.234 e. The van der Waals surface area contributed by atoms with E-state index in [0.717, 1.165) is 10.9 Å². The number of aromatic nitrogens is 2. The molecule has 2 aliphatic rings. The number of amides is 1. The number of hydrogen-bond acceptors (Lipinski definition) is 6. The van der Waals surface area contributed by atoms with Crippen LogP contribution in [0.15, 0.2) is 42.2 Å². The van der Waals surface area contributed by atoms with E-state index in [1.54, 1.807) is 12.1 Å². The fraction of sp³-hybridized carbons (Fsp3) is 0.190. The Bertz CT molecular complexity index is 1180. The molecule has 0 aliphatic carbocycles. The molecule has 3 aromatic rings. The van der Waals surface area contributed by atoms with Crippen molar-refractivity contribution < 1.29 is 19.4 Å². The molecule has 0 spiro atoms. The summed E-state index contributed by atoms with van der Waals surface area (Å²) in [7, 11) is 0. The average Bonchev–Trinajstić information content (AvgIpc) is 3.26. The number of para-hydroxylation sites is 1. The van der Waals surface area contributed by atoms with E-state index in [4.69, 9.17) is 4.74 Å². The van der Waals surface area contributed by atoms with Crippen LogP contribution in [-0.2, 0) is 11.3 Å². The number of benzene rings is 2. The highest BCUT2D eigenvalue weighted by Gasteiger charge is 2.32. The maximum absolute atomic E-state index is 12.9. The van der Waals surface area contributed by atoms with Crippen LogP contribution in [0.2, 0.25) is 0 Å². The third-order valence-corrected chi connectivity index (χ3v) is 5.18. The van der Waals surface area contributed by atoms with E-state index in [2.05, 4.69) is 15.5 Å². The van der Waals surface area contributed by atoms with Crippen molar-refractivity contribution in [3.05, 3.63) is 59.0 Å². The van der Waals surface area contributed by atoms with Crippen molar-refractivity contribution in [3.63, 3.8) is 0 Å². The summed E-state index contributed by atoms with van der Waals surface area (Å²) >= 11 is 0. The van der Waals surface area contributed by atoms with E-state index in [9.17, 15) is 14.7 Å². The fourth-order valence-electron chi connectivity index (χ4n) is 3.72. The second-order valence-electron chi connectivity index (χ2n) is 7.09. The molecule has 1 fully saturated rings. The van der Waals surface area contributed by atoms with Gasteiger partial charge in [0, 0.05) is 31.1 Å². The Kier molecular flexibility index (Phi) is 4.06. The minimum absolute atomic E-state index is 0.0361. The Morgan fingerprint density at radius 3 is 2.93 bits per heavy atom. The van der Waals surface area contributed by atoms with Gasteiger partial charge in [-0.1, -0.05) is 18.2 Å². The number of nitrogens with one attached hydrogen (secondary N) is 2. The van der Waals surface area contributed by atoms with Gasteiger partial charge in [0.2, 0.25) is 11.7 Å². The van der Waals surface area contributed by atoms with Crippen molar-refractivity contribution in [2.24, 2.45) is 0 Å². The molecule has 0 atom stereocenters. The summed E-state index contributed by atoms with van der Waals surface area (Å²) in [6.07, 6.45) is 1.61. The lowest BCUT2D eigenvalue weighted by Gasteiger charge is -2.27. The summed E-state index contributed by atoms with van der Waals surface area (Å²) in [5.74, 6) is 0.206. The lowest BCUT2D eigenvalue weighted by atomic mass is 10.0. The molecule has 146 valence electrons. The van der Waals surface area contributed by atoms with Gasteiger partial charge < -0.3 is 15.2 Å². The molecule has 0 unspecified atom stereocenters. The molecule has 3 heterocycles. The zero-order valence-electron chi connectivity index (χ0n) is 15.4. The van der Waals surface area contributed by atoms with Crippen LogP contribution < -0.4 is 10.1 Å². The molecule has 0 radical (unpaired) electrons. The topological polar surface area (TPSA) is 108 Å². The van der Waals surface area contributed by atoms with Crippen LogP contribution >= 0.6 is 0 Å². The molecule has 1 saturated heterocycles. The molecule has 1 amide bonds. The zero-order valence-corrected chi connectivity index (χ0v) is 15.4. The maximum atomic E-state index is 12.9. The number of carbonyl (C=O) groups excluding carboxylic acids is 2. The molecule has 8 nitrogen and oxygen atoms in total. The van der Waals surface area contributed by atoms with Crippen LogP contribution in [0, 0.1) is 0 Å². The number of phenols is 1. The largest absolute Gasteiger partial charge is 0.507 e. The summed E-state index contributed by atoms with van der Waals surface area (Å²) in [4.78, 5) is 26.4. The highest BCUT2D eigenvalue weighted by molar-refractivity contribution is 6.15. The van der Waals surface area contributed by atoms with Crippen LogP contribution in [0.5, 0.6) is 11.5 Å². The van der Waals surface area contributed by atoms with Gasteiger partial charge in [0.1, 0.15) is 11.5 Å². The van der Waals surface area contributed by atoms with Crippen molar-refractivity contribution in [2.75, 3.05) is 19.6 Å². The average molecular weight is 390 g/mol. The number of carbonyl (C=O) groups is 2. The molecule has 2 aromatic carbocycles. The van der Waals surface area contributed by atoms with Gasteiger partial charge >= 0.3 is 0 Å². The Balaban J connectivity index is 1.49. The molecule has 0 bridgehead atoms. The second-order valence-corrected chi connectivity index (χ2v) is 7.09. The third kappa shape index (κ3) is 3.03. The van der Waals surface area contributed by atoms with Crippen molar-refractivity contribution in [3.8, 4) is 11.5 Å². The zero-order chi connectivity index (χ0) is 20.0. The molecule has 5 rings (SSSR count). The minimum Gasteiger partial charge on any atom is -0.507 e. The molecule has 8 heteroatoms. The first-order valence-electron chi connectivity index (χ1n) is 9.31. The van der Waals surface area contributed by atoms with Crippen LogP contribution in [0.4, 0.5) is 0 Å². The van der Waals surface area contributed by atoms with Crippen LogP contribution in [-0.4, -0.2) is 51.5 Å². The first kappa shape index (κ1) is 17.4. The number of ether oxygens (including phenoxy) is 1. The third-order valence-electron chi connectivity index (χ3n) is 5.18. The van der Waals surface area contributed by atoms with Gasteiger partial charge in [0.15, 0.2) is 5.76 Å². The molecule has 29 heavy (non-hydrogen) atoms. The quantitative estimate of drug-likeness (QED) is 0.589. The molecule has 2 aliphatic heterocycles. The molecule has 0 saturated carbocycles. The van der Waals surface area contributed by atoms with Gasteiger partial charge in [0.05, 0.1) is 28.9 Å². The number of piperazine rings is 1. The summed E-state index contributed by atoms with van der Waals surface area (Å²) in [5.41, 5.74) is 2.37. The first-order chi connectivity index (χ1) is 14.1. The minimum atomic E-state index is -0.260. The number of allylic oxidation sites excluding steroid dienone is 1. The maximum Gasteiger partial charge on any atom is 0.234 e. The van der Waals surface area contributed by atoms with Crippen molar-refractivity contribution in [2.45, 2.75) is 6.54 Å². The lowest BCUT2D eigenvalue weighted by molar-refractivity contribution is -0.124. The Labute approximate surface area is 165 Å². The van der Waals surface area contributed by atoms with Gasteiger partial charge in [-0.25, -0.2) is 0 Å². The van der Waals surface area contributed by atoms with E-state index in [1.807, 2.05) is 29.2 Å². The Morgan fingerprint density at radius 2 is 2.07 bits per heavy atom. The summed E-state index contributed by atoms with van der Waals surface area (Å²) < 4.78 is 5.89. The van der Waals surface area contributed by atoms with E-state index in [-0.39, 0.29) is 29.7 Å². The van der Waals surface area contributed by atoms with Gasteiger partial charge in [-0.2, -0.15) is 5.10 Å². The van der Waals surface area contributed by atoms with E-state index < -0.39 is 0 Å². The van der Waals surface area contributed by atoms with Crippen molar-refractivity contribution in [1.29, 1.82) is 0 Å². The van der Waals surface area contributed by atoms with Crippen molar-refractivity contribution in [1.82, 2.24) is 20.4 Å². The fourth-order valence-corrected chi connectivity index (χ4v) is 3.72. The number of H-pyrrole nitrogens is 1. The van der Waals surface area contributed by atoms with Gasteiger partial charge in [-0.05, 0) is 18.2 Å². The monoisotopic (exact) mass is 390 g/mol. The summed E-state index contributed by atoms with van der Waals surface area (Å²) in [6.45, 7) is 1.75. The Morgan fingerprint density at radius 1 is 1.21 bits per heavy atom. The summed E-state index contributed by atoms with van der Waals surface area (Å²) in [5, 5.41) is 21.2. The summed E-state index contributed by atoms with van der Waals surface area (Å²) in [6, 6.07) is 10.7. The van der Waals surface area contributed by atoms with Gasteiger partial charge in [-0.3, -0.25) is 19.6 Å². The normalized spacial score (nSPS) is 18.1. The Hall–Kier alpha value is -3.65. The molecule has 1 aromatic heterocycles. The van der Waals surface area contributed by atoms with E-state index in [0.29, 0.717) is 42.2 Å². The lowest BCUT2D eigenvalue weighted by Crippen LogP contribution is -2.47. The predicted molar refractivity (Wildman–Crippen MR) is 105 cm³/mol. The number of Topliss-reactive ketones (excluding diaryl/α,β-unsaturated/α-hetero) is 1. The van der Waals surface area contributed by atoms with Gasteiger partial charge in [0.25, 0.3) is 0 Å². The van der Waals surface area contributed by atoms with Crippen LogP contribution in [0.3, 0.4) is 0 Å². The molecular weight excluding hydrogens is 372 g/mol. The number of fused-ring (bicyclic) bond motifs is 2. The highest BCUT2D eigenvalue weighted by Crippen LogP contribution is 2.40. The number of rotatable bonds is 3.